The second-order valence-corrected chi connectivity index (χ2v) is 11.3. The maximum absolute atomic E-state index is 14.0. The first-order chi connectivity index (χ1) is 18.1. The first kappa shape index (κ1) is 29.2. The highest BCUT2D eigenvalue weighted by atomic mass is 35.5. The number of halogens is 1. The first-order valence-corrected chi connectivity index (χ1v) is 14.4. The Kier molecular flexibility index (Phi) is 9.94. The number of anilines is 1. The van der Waals surface area contributed by atoms with E-state index >= 15 is 0 Å². The van der Waals surface area contributed by atoms with E-state index in [1.807, 2.05) is 51.1 Å². The third-order valence-electron chi connectivity index (χ3n) is 6.33. The number of benzene rings is 3. The van der Waals surface area contributed by atoms with E-state index in [1.54, 1.807) is 37.3 Å². The van der Waals surface area contributed by atoms with E-state index in [4.69, 9.17) is 11.6 Å². The highest BCUT2D eigenvalue weighted by molar-refractivity contribution is 7.92. The van der Waals surface area contributed by atoms with Crippen molar-refractivity contribution in [2.45, 2.75) is 51.6 Å². The first-order valence-electron chi connectivity index (χ1n) is 12.6. The summed E-state index contributed by atoms with van der Waals surface area (Å²) in [6, 6.07) is 20.0. The SMILES string of the molecule is CCNC(=O)C(CC)N(Cc1ccccc1)C(=O)CN(c1cccc(Cl)c1C)S(=O)(=O)c1ccc(C)cc1. The number of nitrogens with zero attached hydrogens (tertiary/aromatic N) is 2. The Bertz CT molecular complexity index is 1360. The van der Waals surface area contributed by atoms with Gasteiger partial charge in [0.25, 0.3) is 10.0 Å². The highest BCUT2D eigenvalue weighted by Gasteiger charge is 2.34. The van der Waals surface area contributed by atoms with Crippen LogP contribution in [0, 0.1) is 13.8 Å². The summed E-state index contributed by atoms with van der Waals surface area (Å²) in [5.41, 5.74) is 2.57. The number of aryl methyl sites for hydroxylation is 1. The molecule has 0 aliphatic rings. The molecular formula is C29H34ClN3O4S. The molecule has 7 nitrogen and oxygen atoms in total. The average molecular weight is 556 g/mol. The van der Waals surface area contributed by atoms with E-state index in [1.165, 1.54) is 17.0 Å². The van der Waals surface area contributed by atoms with Gasteiger partial charge in [0.2, 0.25) is 11.8 Å². The number of nitrogens with one attached hydrogen (secondary N) is 1. The fourth-order valence-corrected chi connectivity index (χ4v) is 5.85. The minimum absolute atomic E-state index is 0.0562. The van der Waals surface area contributed by atoms with Crippen LogP contribution in [-0.2, 0) is 26.2 Å². The molecule has 0 fully saturated rings. The fourth-order valence-electron chi connectivity index (χ4n) is 4.21. The van der Waals surface area contributed by atoms with Gasteiger partial charge in [0.15, 0.2) is 0 Å². The van der Waals surface area contributed by atoms with Crippen molar-refractivity contribution < 1.29 is 18.0 Å². The molecule has 0 radical (unpaired) electrons. The van der Waals surface area contributed by atoms with E-state index in [-0.39, 0.29) is 17.3 Å². The maximum atomic E-state index is 14.0. The minimum atomic E-state index is -4.15. The largest absolute Gasteiger partial charge is 0.355 e. The summed E-state index contributed by atoms with van der Waals surface area (Å²) < 4.78 is 29.0. The second-order valence-electron chi connectivity index (χ2n) is 9.03. The molecule has 0 saturated carbocycles. The van der Waals surface area contributed by atoms with Crippen LogP contribution in [0.2, 0.25) is 5.02 Å². The van der Waals surface area contributed by atoms with Crippen molar-refractivity contribution in [2.24, 2.45) is 0 Å². The Morgan fingerprint density at radius 3 is 2.18 bits per heavy atom. The molecule has 0 aromatic heterocycles. The predicted molar refractivity (Wildman–Crippen MR) is 152 cm³/mol. The molecule has 0 bridgehead atoms. The van der Waals surface area contributed by atoms with Gasteiger partial charge in [-0.05, 0) is 62.6 Å². The molecule has 1 unspecified atom stereocenters. The van der Waals surface area contributed by atoms with E-state index in [2.05, 4.69) is 5.32 Å². The highest BCUT2D eigenvalue weighted by Crippen LogP contribution is 2.31. The van der Waals surface area contributed by atoms with E-state index < -0.39 is 28.5 Å². The zero-order valence-corrected chi connectivity index (χ0v) is 23.7. The van der Waals surface area contributed by atoms with Crippen LogP contribution >= 0.6 is 11.6 Å². The number of rotatable bonds is 11. The molecule has 0 aliphatic heterocycles. The van der Waals surface area contributed by atoms with E-state index in [0.29, 0.717) is 29.2 Å². The van der Waals surface area contributed by atoms with Gasteiger partial charge >= 0.3 is 0 Å². The lowest BCUT2D eigenvalue weighted by Crippen LogP contribution is -2.52. The molecule has 0 spiro atoms. The molecule has 1 N–H and O–H groups in total. The van der Waals surface area contributed by atoms with Gasteiger partial charge in [-0.2, -0.15) is 0 Å². The number of sulfonamides is 1. The van der Waals surface area contributed by atoms with Crippen molar-refractivity contribution in [3.8, 4) is 0 Å². The summed E-state index contributed by atoms with van der Waals surface area (Å²) >= 11 is 6.36. The second kappa shape index (κ2) is 12.9. The molecule has 3 rings (SSSR count). The summed E-state index contributed by atoms with van der Waals surface area (Å²) in [5.74, 6) is -0.784. The van der Waals surface area contributed by atoms with Gasteiger partial charge in [-0.3, -0.25) is 13.9 Å². The normalized spacial score (nSPS) is 12.0. The molecule has 0 heterocycles. The van der Waals surface area contributed by atoms with Gasteiger partial charge in [0.1, 0.15) is 12.6 Å². The van der Waals surface area contributed by atoms with Crippen molar-refractivity contribution >= 4 is 39.1 Å². The van der Waals surface area contributed by atoms with Crippen LogP contribution in [0.3, 0.4) is 0 Å². The van der Waals surface area contributed by atoms with Gasteiger partial charge in [-0.25, -0.2) is 8.42 Å². The fraction of sp³-hybridized carbons (Fsp3) is 0.310. The number of likely N-dealkylation sites (N-methyl/N-ethyl adjacent to an activating group) is 1. The number of carbonyl (C=O) groups is 2. The van der Waals surface area contributed by atoms with Crippen molar-refractivity contribution in [3.05, 3.63) is 94.5 Å². The van der Waals surface area contributed by atoms with Crippen molar-refractivity contribution in [2.75, 3.05) is 17.4 Å². The van der Waals surface area contributed by atoms with Crippen molar-refractivity contribution in [1.29, 1.82) is 0 Å². The lowest BCUT2D eigenvalue weighted by Gasteiger charge is -2.33. The Morgan fingerprint density at radius 2 is 1.58 bits per heavy atom. The molecule has 9 heteroatoms. The predicted octanol–water partition coefficient (Wildman–Crippen LogP) is 5.10. The van der Waals surface area contributed by atoms with Crippen LogP contribution < -0.4 is 9.62 Å². The number of amides is 2. The van der Waals surface area contributed by atoms with Gasteiger partial charge in [-0.15, -0.1) is 0 Å². The molecule has 2 amide bonds. The van der Waals surface area contributed by atoms with Crippen molar-refractivity contribution in [3.63, 3.8) is 0 Å². The standard InChI is InChI=1S/C29H34ClN3O4S/c1-5-26(29(35)31-6-2)32(19-23-11-8-7-9-12-23)28(34)20-33(27-14-10-13-25(30)22(27)4)38(36,37)24-17-15-21(3)16-18-24/h7-18,26H,5-6,19-20H2,1-4H3,(H,31,35). The smallest absolute Gasteiger partial charge is 0.264 e. The Hall–Kier alpha value is -3.36. The Balaban J connectivity index is 2.09. The van der Waals surface area contributed by atoms with Gasteiger partial charge in [0.05, 0.1) is 10.6 Å². The van der Waals surface area contributed by atoms with Crippen LogP contribution in [0.4, 0.5) is 5.69 Å². The third-order valence-corrected chi connectivity index (χ3v) is 8.51. The molecule has 38 heavy (non-hydrogen) atoms. The number of carbonyl (C=O) groups excluding carboxylic acids is 2. The molecule has 202 valence electrons. The zero-order valence-electron chi connectivity index (χ0n) is 22.1. The van der Waals surface area contributed by atoms with Gasteiger partial charge < -0.3 is 10.2 Å². The lowest BCUT2D eigenvalue weighted by atomic mass is 10.1. The van der Waals surface area contributed by atoms with Crippen LogP contribution in [0.15, 0.2) is 77.7 Å². The summed E-state index contributed by atoms with van der Waals surface area (Å²) in [6.07, 6.45) is 0.366. The Labute approximate surface area is 230 Å². The molecule has 3 aromatic rings. The van der Waals surface area contributed by atoms with Crippen LogP contribution in [0.1, 0.15) is 37.0 Å². The van der Waals surface area contributed by atoms with Crippen molar-refractivity contribution in [1.82, 2.24) is 10.2 Å². The van der Waals surface area contributed by atoms with Gasteiger partial charge in [-0.1, -0.05) is 72.6 Å². The molecule has 0 saturated heterocycles. The molecular weight excluding hydrogens is 522 g/mol. The molecule has 0 aliphatic carbocycles. The van der Waals surface area contributed by atoms with E-state index in [9.17, 15) is 18.0 Å². The summed E-state index contributed by atoms with van der Waals surface area (Å²) in [4.78, 5) is 28.4. The lowest BCUT2D eigenvalue weighted by molar-refractivity contribution is -0.140. The summed E-state index contributed by atoms with van der Waals surface area (Å²) in [7, 11) is -4.15. The molecule has 3 aromatic carbocycles. The maximum Gasteiger partial charge on any atom is 0.264 e. The quantitative estimate of drug-likeness (QED) is 0.357. The van der Waals surface area contributed by atoms with Gasteiger partial charge in [0, 0.05) is 18.1 Å². The van der Waals surface area contributed by atoms with Crippen LogP contribution in [0.5, 0.6) is 0 Å². The number of hydrogen-bond donors (Lipinski definition) is 1. The van der Waals surface area contributed by atoms with E-state index in [0.717, 1.165) is 15.4 Å². The third kappa shape index (κ3) is 6.74. The summed E-state index contributed by atoms with van der Waals surface area (Å²) in [5, 5.41) is 3.18. The molecule has 1 atom stereocenters. The average Bonchev–Trinajstić information content (AvgIpc) is 2.90. The summed E-state index contributed by atoms with van der Waals surface area (Å²) in [6.45, 7) is 7.29. The topological polar surface area (TPSA) is 86.8 Å². The van der Waals surface area contributed by atoms with Crippen LogP contribution in [-0.4, -0.2) is 44.3 Å². The van der Waals surface area contributed by atoms with Crippen LogP contribution in [0.25, 0.3) is 0 Å². The zero-order chi connectivity index (χ0) is 27.9. The Morgan fingerprint density at radius 1 is 0.921 bits per heavy atom. The minimum Gasteiger partial charge on any atom is -0.355 e. The monoisotopic (exact) mass is 555 g/mol. The number of hydrogen-bond acceptors (Lipinski definition) is 4.